The van der Waals surface area contributed by atoms with E-state index in [0.717, 1.165) is 6.42 Å². The smallest absolute Gasteiger partial charge is 0.336 e. The number of halogens is 2. The van der Waals surface area contributed by atoms with Gasteiger partial charge in [0.05, 0.1) is 15.7 Å². The SMILES string of the molecule is O=C(O)c1ccc(NC2CC2c2ccccc2)c(F)c1Br. The molecule has 21 heavy (non-hydrogen) atoms. The molecule has 0 amide bonds. The van der Waals surface area contributed by atoms with Gasteiger partial charge in [0.2, 0.25) is 0 Å². The predicted molar refractivity (Wildman–Crippen MR) is 82.3 cm³/mol. The molecule has 1 aliphatic carbocycles. The third-order valence-corrected chi connectivity index (χ3v) is 4.45. The second kappa shape index (κ2) is 5.48. The van der Waals surface area contributed by atoms with Crippen molar-refractivity contribution in [3.8, 4) is 0 Å². The summed E-state index contributed by atoms with van der Waals surface area (Å²) in [5, 5.41) is 12.1. The highest BCUT2D eigenvalue weighted by Gasteiger charge is 2.38. The summed E-state index contributed by atoms with van der Waals surface area (Å²) in [4.78, 5) is 10.9. The Morgan fingerprint density at radius 3 is 2.62 bits per heavy atom. The van der Waals surface area contributed by atoms with Gasteiger partial charge in [-0.05, 0) is 40.0 Å². The van der Waals surface area contributed by atoms with Crippen molar-refractivity contribution in [1.82, 2.24) is 0 Å². The van der Waals surface area contributed by atoms with Gasteiger partial charge in [-0.3, -0.25) is 0 Å². The van der Waals surface area contributed by atoms with E-state index in [1.54, 1.807) is 0 Å². The number of anilines is 1. The highest BCUT2D eigenvalue weighted by Crippen LogP contribution is 2.43. The van der Waals surface area contributed by atoms with Crippen molar-refractivity contribution in [1.29, 1.82) is 0 Å². The second-order valence-electron chi connectivity index (χ2n) is 5.10. The first kappa shape index (κ1) is 14.1. The summed E-state index contributed by atoms with van der Waals surface area (Å²) in [5.41, 5.74) is 1.49. The average Bonchev–Trinajstić information content (AvgIpc) is 3.24. The number of carboxylic acid groups (broad SMARTS) is 1. The fourth-order valence-corrected chi connectivity index (χ4v) is 2.96. The first-order valence-corrected chi connectivity index (χ1v) is 7.40. The van der Waals surface area contributed by atoms with Gasteiger partial charge in [0.15, 0.2) is 5.82 Å². The zero-order valence-electron chi connectivity index (χ0n) is 11.0. The molecule has 0 aromatic heterocycles. The molecule has 2 atom stereocenters. The molecule has 1 fully saturated rings. The van der Waals surface area contributed by atoms with Crippen molar-refractivity contribution < 1.29 is 14.3 Å². The summed E-state index contributed by atoms with van der Waals surface area (Å²) < 4.78 is 14.2. The van der Waals surface area contributed by atoms with Gasteiger partial charge in [-0.15, -0.1) is 0 Å². The topological polar surface area (TPSA) is 49.3 Å². The third kappa shape index (κ3) is 2.78. The number of carbonyl (C=O) groups is 1. The lowest BCUT2D eigenvalue weighted by Crippen LogP contribution is -2.08. The zero-order valence-corrected chi connectivity index (χ0v) is 12.6. The van der Waals surface area contributed by atoms with Gasteiger partial charge in [0, 0.05) is 12.0 Å². The Morgan fingerprint density at radius 1 is 1.24 bits per heavy atom. The van der Waals surface area contributed by atoms with E-state index in [1.165, 1.54) is 17.7 Å². The summed E-state index contributed by atoms with van der Waals surface area (Å²) in [6.45, 7) is 0. The van der Waals surface area contributed by atoms with Gasteiger partial charge in [0.1, 0.15) is 0 Å². The van der Waals surface area contributed by atoms with E-state index < -0.39 is 11.8 Å². The first-order valence-electron chi connectivity index (χ1n) is 6.60. The lowest BCUT2D eigenvalue weighted by molar-refractivity contribution is 0.0695. The number of hydrogen-bond donors (Lipinski definition) is 2. The van der Waals surface area contributed by atoms with Gasteiger partial charge >= 0.3 is 5.97 Å². The molecule has 1 aliphatic rings. The molecule has 0 heterocycles. The number of hydrogen-bond acceptors (Lipinski definition) is 2. The van der Waals surface area contributed by atoms with E-state index in [0.29, 0.717) is 11.6 Å². The normalized spacial score (nSPS) is 20.1. The van der Waals surface area contributed by atoms with Crippen LogP contribution in [0, 0.1) is 5.82 Å². The van der Waals surface area contributed by atoms with E-state index in [9.17, 15) is 9.18 Å². The van der Waals surface area contributed by atoms with E-state index in [1.807, 2.05) is 18.2 Å². The minimum atomic E-state index is -1.15. The molecule has 2 unspecified atom stereocenters. The highest BCUT2D eigenvalue weighted by atomic mass is 79.9. The van der Waals surface area contributed by atoms with E-state index in [-0.39, 0.29) is 16.1 Å². The molecule has 1 saturated carbocycles. The summed E-state index contributed by atoms with van der Waals surface area (Å²) in [5.74, 6) is -1.34. The molecular weight excluding hydrogens is 337 g/mol. The van der Waals surface area contributed by atoms with Gasteiger partial charge in [-0.1, -0.05) is 30.3 Å². The quantitative estimate of drug-likeness (QED) is 0.867. The Kier molecular flexibility index (Phi) is 3.68. The molecule has 0 saturated heterocycles. The Bertz CT molecular complexity index is 690. The van der Waals surface area contributed by atoms with Crippen LogP contribution in [0.15, 0.2) is 46.9 Å². The summed E-state index contributed by atoms with van der Waals surface area (Å²) in [7, 11) is 0. The highest BCUT2D eigenvalue weighted by molar-refractivity contribution is 9.10. The molecule has 2 N–H and O–H groups in total. The molecule has 0 radical (unpaired) electrons. The van der Waals surface area contributed by atoms with Gasteiger partial charge in [0.25, 0.3) is 0 Å². The van der Waals surface area contributed by atoms with Gasteiger partial charge in [-0.2, -0.15) is 0 Å². The Hall–Kier alpha value is -1.88. The van der Waals surface area contributed by atoms with Crippen LogP contribution in [0.1, 0.15) is 28.3 Å². The Morgan fingerprint density at radius 2 is 1.95 bits per heavy atom. The van der Waals surface area contributed by atoms with Gasteiger partial charge in [-0.25, -0.2) is 9.18 Å². The standard InChI is InChI=1S/C16H13BrFNO2/c17-14-10(16(20)21)6-7-12(15(14)18)19-13-8-11(13)9-4-2-1-3-5-9/h1-7,11,13,19H,8H2,(H,20,21). The molecular formula is C16H13BrFNO2. The Balaban J connectivity index is 1.76. The number of aromatic carboxylic acids is 1. The number of nitrogens with one attached hydrogen (secondary N) is 1. The second-order valence-corrected chi connectivity index (χ2v) is 5.89. The van der Waals surface area contributed by atoms with E-state index in [4.69, 9.17) is 5.11 Å². The fraction of sp³-hybridized carbons (Fsp3) is 0.188. The average molecular weight is 350 g/mol. The monoisotopic (exact) mass is 349 g/mol. The van der Waals surface area contributed by atoms with Crippen LogP contribution in [-0.4, -0.2) is 17.1 Å². The van der Waals surface area contributed by atoms with Crippen molar-refractivity contribution in [3.63, 3.8) is 0 Å². The largest absolute Gasteiger partial charge is 0.478 e. The van der Waals surface area contributed by atoms with Crippen molar-refractivity contribution >= 4 is 27.6 Å². The van der Waals surface area contributed by atoms with Crippen LogP contribution in [0.3, 0.4) is 0 Å². The summed E-state index contributed by atoms with van der Waals surface area (Å²) >= 11 is 3.01. The minimum Gasteiger partial charge on any atom is -0.478 e. The number of rotatable bonds is 4. The van der Waals surface area contributed by atoms with E-state index >= 15 is 0 Å². The lowest BCUT2D eigenvalue weighted by atomic mass is 10.1. The van der Waals surface area contributed by atoms with Crippen LogP contribution in [0.2, 0.25) is 0 Å². The summed E-state index contributed by atoms with van der Waals surface area (Å²) in [6, 6.07) is 13.1. The number of benzene rings is 2. The third-order valence-electron chi connectivity index (χ3n) is 3.67. The van der Waals surface area contributed by atoms with E-state index in [2.05, 4.69) is 33.4 Å². The van der Waals surface area contributed by atoms with Crippen molar-refractivity contribution in [2.75, 3.05) is 5.32 Å². The molecule has 3 rings (SSSR count). The molecule has 0 bridgehead atoms. The zero-order chi connectivity index (χ0) is 15.0. The number of carboxylic acids is 1. The molecule has 0 spiro atoms. The predicted octanol–water partition coefficient (Wildman–Crippen LogP) is 4.25. The lowest BCUT2D eigenvalue weighted by Gasteiger charge is -2.10. The molecule has 108 valence electrons. The van der Waals surface area contributed by atoms with Crippen LogP contribution in [0.25, 0.3) is 0 Å². The van der Waals surface area contributed by atoms with Crippen LogP contribution in [0.4, 0.5) is 10.1 Å². The maximum absolute atomic E-state index is 14.2. The molecule has 3 nitrogen and oxygen atoms in total. The molecule has 2 aromatic rings. The van der Waals surface area contributed by atoms with Crippen LogP contribution in [0.5, 0.6) is 0 Å². The molecule has 0 aliphatic heterocycles. The maximum Gasteiger partial charge on any atom is 0.336 e. The Labute approximate surface area is 129 Å². The van der Waals surface area contributed by atoms with Crippen molar-refractivity contribution in [3.05, 3.63) is 63.9 Å². The van der Waals surface area contributed by atoms with Crippen molar-refractivity contribution in [2.45, 2.75) is 18.4 Å². The van der Waals surface area contributed by atoms with Crippen molar-refractivity contribution in [2.24, 2.45) is 0 Å². The van der Waals surface area contributed by atoms with Crippen LogP contribution in [-0.2, 0) is 0 Å². The van der Waals surface area contributed by atoms with Crippen LogP contribution < -0.4 is 5.32 Å². The molecule has 2 aromatic carbocycles. The summed E-state index contributed by atoms with van der Waals surface area (Å²) in [6.07, 6.45) is 0.946. The van der Waals surface area contributed by atoms with Gasteiger partial charge < -0.3 is 10.4 Å². The minimum absolute atomic E-state index is 0.0167. The van der Waals surface area contributed by atoms with Crippen LogP contribution >= 0.6 is 15.9 Å². The molecule has 5 heteroatoms. The fourth-order valence-electron chi connectivity index (χ4n) is 2.45. The maximum atomic E-state index is 14.2. The first-order chi connectivity index (χ1) is 10.1.